The normalized spacial score (nSPS) is 27.6. The van der Waals surface area contributed by atoms with E-state index in [4.69, 9.17) is 4.52 Å². The average molecular weight is 376 g/mol. The third kappa shape index (κ3) is 3.06. The number of nitrogens with zero attached hydrogens (tertiary/aromatic N) is 4. The van der Waals surface area contributed by atoms with Gasteiger partial charge >= 0.3 is 0 Å². The minimum Gasteiger partial charge on any atom is -0.339 e. The fraction of sp³-hybridized carbons (Fsp3) is 0.556. The summed E-state index contributed by atoms with van der Waals surface area (Å²) in [5.41, 5.74) is 1.89. The third-order valence-electron chi connectivity index (χ3n) is 5.68. The minimum atomic E-state index is -3.25. The highest BCUT2D eigenvalue weighted by Gasteiger charge is 2.54. The molecule has 2 saturated heterocycles. The number of rotatable bonds is 3. The summed E-state index contributed by atoms with van der Waals surface area (Å²) in [4.78, 5) is 6.89. The van der Waals surface area contributed by atoms with E-state index in [0.717, 1.165) is 30.6 Å². The van der Waals surface area contributed by atoms with Crippen molar-refractivity contribution in [3.05, 3.63) is 35.7 Å². The van der Waals surface area contributed by atoms with Gasteiger partial charge in [0.25, 0.3) is 0 Å². The Bertz CT molecular complexity index is 926. The van der Waals surface area contributed by atoms with E-state index in [-0.39, 0.29) is 11.3 Å². The predicted octanol–water partition coefficient (Wildman–Crippen LogP) is 1.73. The molecule has 3 heterocycles. The monoisotopic (exact) mass is 376 g/mol. The first kappa shape index (κ1) is 17.6. The first-order valence-corrected chi connectivity index (χ1v) is 10.7. The lowest BCUT2D eigenvalue weighted by Crippen LogP contribution is -2.34. The van der Waals surface area contributed by atoms with E-state index in [1.807, 2.05) is 31.2 Å². The van der Waals surface area contributed by atoms with E-state index in [2.05, 4.69) is 22.1 Å². The van der Waals surface area contributed by atoms with Gasteiger partial charge in [0.05, 0.1) is 12.2 Å². The Hall–Kier alpha value is -1.77. The molecule has 2 atom stereocenters. The first-order chi connectivity index (χ1) is 12.3. The highest BCUT2D eigenvalue weighted by atomic mass is 32.2. The fourth-order valence-corrected chi connectivity index (χ4v) is 5.23. The molecule has 0 unspecified atom stereocenters. The van der Waals surface area contributed by atoms with Crippen LogP contribution >= 0.6 is 0 Å². The van der Waals surface area contributed by atoms with Crippen molar-refractivity contribution in [2.24, 2.45) is 5.41 Å². The van der Waals surface area contributed by atoms with Crippen molar-refractivity contribution in [2.75, 3.05) is 39.5 Å². The first-order valence-electron chi connectivity index (χ1n) is 8.81. The van der Waals surface area contributed by atoms with E-state index in [9.17, 15) is 8.42 Å². The maximum Gasteiger partial charge on any atom is 0.232 e. The Kier molecular flexibility index (Phi) is 4.17. The number of hydrogen-bond donors (Lipinski definition) is 0. The Balaban J connectivity index is 1.69. The molecular weight excluding hydrogens is 352 g/mol. The smallest absolute Gasteiger partial charge is 0.232 e. The topological polar surface area (TPSA) is 79.5 Å². The minimum absolute atomic E-state index is 0.0757. The largest absolute Gasteiger partial charge is 0.339 e. The number of aromatic nitrogens is 2. The summed E-state index contributed by atoms with van der Waals surface area (Å²) in [6, 6.07) is 7.97. The molecule has 0 N–H and O–H groups in total. The van der Waals surface area contributed by atoms with Gasteiger partial charge in [0.15, 0.2) is 0 Å². The van der Waals surface area contributed by atoms with Crippen molar-refractivity contribution in [1.82, 2.24) is 19.3 Å². The van der Waals surface area contributed by atoms with E-state index < -0.39 is 10.0 Å². The lowest BCUT2D eigenvalue weighted by molar-refractivity contribution is 0.234. The summed E-state index contributed by atoms with van der Waals surface area (Å²) in [6.45, 7) is 4.73. The molecule has 2 aliphatic rings. The van der Waals surface area contributed by atoms with Gasteiger partial charge in [-0.3, -0.25) is 0 Å². The van der Waals surface area contributed by atoms with Crippen molar-refractivity contribution >= 4 is 10.0 Å². The molecule has 2 aliphatic heterocycles. The van der Waals surface area contributed by atoms with Gasteiger partial charge in [-0.1, -0.05) is 28.9 Å². The molecule has 0 bridgehead atoms. The number of sulfonamides is 1. The lowest BCUT2D eigenvalue weighted by Gasteiger charge is -2.27. The summed E-state index contributed by atoms with van der Waals surface area (Å²) >= 11 is 0. The number of likely N-dealkylation sites (tertiary alicyclic amines) is 1. The van der Waals surface area contributed by atoms with Crippen molar-refractivity contribution < 1.29 is 12.9 Å². The Morgan fingerprint density at radius 3 is 2.77 bits per heavy atom. The van der Waals surface area contributed by atoms with Crippen LogP contribution in [0.1, 0.15) is 23.8 Å². The maximum absolute atomic E-state index is 12.1. The van der Waals surface area contributed by atoms with Crippen LogP contribution in [-0.2, 0) is 10.0 Å². The molecule has 2 fully saturated rings. The summed E-state index contributed by atoms with van der Waals surface area (Å²) in [5.74, 6) is 1.03. The van der Waals surface area contributed by atoms with Crippen LogP contribution in [0.25, 0.3) is 11.4 Å². The summed E-state index contributed by atoms with van der Waals surface area (Å²) < 4.78 is 31.5. The van der Waals surface area contributed by atoms with E-state index in [1.54, 1.807) is 4.31 Å². The van der Waals surface area contributed by atoms with Crippen molar-refractivity contribution in [2.45, 2.75) is 19.3 Å². The SMILES string of the molecule is Cc1cccc(-c2noc([C@@H]3CN(S(C)(=O)=O)C[C@@]34CCN(C)C4)n2)c1. The van der Waals surface area contributed by atoms with Crippen molar-refractivity contribution in [1.29, 1.82) is 0 Å². The third-order valence-corrected chi connectivity index (χ3v) is 6.89. The number of hydrogen-bond acceptors (Lipinski definition) is 6. The van der Waals surface area contributed by atoms with E-state index in [1.165, 1.54) is 6.26 Å². The highest BCUT2D eigenvalue weighted by Crippen LogP contribution is 2.49. The van der Waals surface area contributed by atoms with E-state index in [0.29, 0.717) is 24.8 Å². The molecule has 1 aromatic heterocycles. The molecule has 140 valence electrons. The van der Waals surface area contributed by atoms with Crippen LogP contribution in [0.15, 0.2) is 28.8 Å². The summed E-state index contributed by atoms with van der Waals surface area (Å²) in [7, 11) is -1.18. The van der Waals surface area contributed by atoms with Gasteiger partial charge in [-0.2, -0.15) is 4.98 Å². The summed E-state index contributed by atoms with van der Waals surface area (Å²) in [6.07, 6.45) is 2.20. The van der Waals surface area contributed by atoms with Gasteiger partial charge in [0.2, 0.25) is 21.7 Å². The molecule has 1 aromatic carbocycles. The van der Waals surface area contributed by atoms with Gasteiger partial charge in [-0.15, -0.1) is 0 Å². The molecule has 7 nitrogen and oxygen atoms in total. The molecule has 8 heteroatoms. The van der Waals surface area contributed by atoms with Crippen LogP contribution in [0.4, 0.5) is 0 Å². The summed E-state index contributed by atoms with van der Waals surface area (Å²) in [5, 5.41) is 4.17. The van der Waals surface area contributed by atoms with Gasteiger partial charge in [-0.25, -0.2) is 12.7 Å². The molecule has 0 radical (unpaired) electrons. The zero-order valence-corrected chi connectivity index (χ0v) is 16.2. The molecule has 2 aromatic rings. The molecule has 0 amide bonds. The molecule has 1 spiro atoms. The van der Waals surface area contributed by atoms with Crippen LogP contribution < -0.4 is 0 Å². The van der Waals surface area contributed by atoms with Gasteiger partial charge in [-0.05, 0) is 33.0 Å². The second-order valence-electron chi connectivity index (χ2n) is 7.78. The molecular formula is C18H24N4O3S. The quantitative estimate of drug-likeness (QED) is 0.812. The predicted molar refractivity (Wildman–Crippen MR) is 98.2 cm³/mol. The zero-order chi connectivity index (χ0) is 18.5. The van der Waals surface area contributed by atoms with Crippen molar-refractivity contribution in [3.8, 4) is 11.4 Å². The van der Waals surface area contributed by atoms with Crippen LogP contribution in [0.2, 0.25) is 0 Å². The molecule has 0 aliphatic carbocycles. The maximum atomic E-state index is 12.1. The van der Waals surface area contributed by atoms with Gasteiger partial charge < -0.3 is 9.42 Å². The van der Waals surface area contributed by atoms with Crippen molar-refractivity contribution in [3.63, 3.8) is 0 Å². The standard InChI is InChI=1S/C18H24N4O3S/c1-13-5-4-6-14(9-13)16-19-17(25-20-16)15-10-22(26(3,23)24)12-18(15)7-8-21(2)11-18/h4-6,9,15H,7-8,10-12H2,1-3H3/t15-,18-/m0/s1. The number of benzene rings is 1. The average Bonchev–Trinajstić information content (AvgIpc) is 3.26. The zero-order valence-electron chi connectivity index (χ0n) is 15.3. The second kappa shape index (κ2) is 6.14. The Labute approximate surface area is 154 Å². The van der Waals surface area contributed by atoms with E-state index >= 15 is 0 Å². The second-order valence-corrected chi connectivity index (χ2v) is 9.77. The Morgan fingerprint density at radius 2 is 2.12 bits per heavy atom. The molecule has 0 saturated carbocycles. The lowest BCUT2D eigenvalue weighted by atomic mass is 9.77. The fourth-order valence-electron chi connectivity index (χ4n) is 4.32. The van der Waals surface area contributed by atoms with Crippen LogP contribution in [0.3, 0.4) is 0 Å². The van der Waals surface area contributed by atoms with Crippen LogP contribution in [0.5, 0.6) is 0 Å². The van der Waals surface area contributed by atoms with Crippen LogP contribution in [-0.4, -0.2) is 67.2 Å². The van der Waals surface area contributed by atoms with Crippen LogP contribution in [0, 0.1) is 12.3 Å². The van der Waals surface area contributed by atoms with Gasteiger partial charge in [0.1, 0.15) is 0 Å². The van der Waals surface area contributed by atoms with Gasteiger partial charge in [0, 0.05) is 30.6 Å². The number of aryl methyl sites for hydroxylation is 1. The molecule has 26 heavy (non-hydrogen) atoms. The Morgan fingerprint density at radius 1 is 1.31 bits per heavy atom. The molecule has 4 rings (SSSR count). The highest BCUT2D eigenvalue weighted by molar-refractivity contribution is 7.88.